The second-order valence-corrected chi connectivity index (χ2v) is 7.48. The maximum absolute atomic E-state index is 13.1. The molecule has 30 heavy (non-hydrogen) atoms. The van der Waals surface area contributed by atoms with Crippen LogP contribution in [0.15, 0.2) is 60.0 Å². The van der Waals surface area contributed by atoms with Gasteiger partial charge in [-0.15, -0.1) is 11.8 Å². The average molecular weight is 437 g/mol. The Hall–Kier alpha value is -3.41. The summed E-state index contributed by atoms with van der Waals surface area (Å²) in [6.07, 6.45) is -2.07. The van der Waals surface area contributed by atoms with E-state index in [1.54, 1.807) is 6.92 Å². The first kappa shape index (κ1) is 21.3. The van der Waals surface area contributed by atoms with Crippen molar-refractivity contribution in [3.05, 3.63) is 70.8 Å². The fraction of sp³-hybridized carbons (Fsp3) is 0.167. The lowest BCUT2D eigenvalue weighted by atomic mass is 10.1. The molecule has 8 nitrogen and oxygen atoms in total. The highest BCUT2D eigenvalue weighted by Crippen LogP contribution is 2.34. The van der Waals surface area contributed by atoms with Crippen molar-refractivity contribution in [1.29, 1.82) is 0 Å². The smallest absolute Gasteiger partial charge is 0.323 e. The Balaban J connectivity index is 1.81. The van der Waals surface area contributed by atoms with Crippen LogP contribution < -0.4 is 5.32 Å². The van der Waals surface area contributed by atoms with Crippen LogP contribution in [0, 0.1) is 10.1 Å². The fourth-order valence-electron chi connectivity index (χ4n) is 2.48. The number of hydrogen-bond donors (Lipinski definition) is 1. The van der Waals surface area contributed by atoms with E-state index in [1.807, 2.05) is 0 Å². The minimum absolute atomic E-state index is 0.0727. The van der Waals surface area contributed by atoms with E-state index >= 15 is 0 Å². The largest absolute Gasteiger partial charge is 0.416 e. The molecule has 3 rings (SSSR count). The average Bonchev–Trinajstić information content (AvgIpc) is 3.22. The molecule has 2 aromatic carbocycles. The van der Waals surface area contributed by atoms with Crippen LogP contribution in [0.5, 0.6) is 0 Å². The number of nitro benzene ring substituents is 1. The summed E-state index contributed by atoms with van der Waals surface area (Å²) in [6, 6.07) is 8.53. The third-order valence-corrected chi connectivity index (χ3v) is 5.09. The summed E-state index contributed by atoms with van der Waals surface area (Å²) >= 11 is 1.11. The fourth-order valence-corrected chi connectivity index (χ4v) is 3.35. The molecule has 1 atom stereocenters. The number of nitrogens with one attached hydrogen (secondary N) is 1. The highest BCUT2D eigenvalue weighted by molar-refractivity contribution is 8.00. The van der Waals surface area contributed by atoms with E-state index in [9.17, 15) is 28.1 Å². The second kappa shape index (κ2) is 8.53. The molecule has 3 aromatic rings. The van der Waals surface area contributed by atoms with E-state index in [4.69, 9.17) is 0 Å². The number of rotatable bonds is 6. The molecule has 0 spiro atoms. The number of hydrogen-bond acceptors (Lipinski definition) is 6. The van der Waals surface area contributed by atoms with Crippen molar-refractivity contribution < 1.29 is 22.9 Å². The van der Waals surface area contributed by atoms with E-state index in [-0.39, 0.29) is 17.1 Å². The van der Waals surface area contributed by atoms with Crippen molar-refractivity contribution in [3.63, 3.8) is 0 Å². The molecule has 1 unspecified atom stereocenters. The zero-order valence-electron chi connectivity index (χ0n) is 15.3. The van der Waals surface area contributed by atoms with E-state index < -0.39 is 27.8 Å². The monoisotopic (exact) mass is 437 g/mol. The molecule has 0 aliphatic heterocycles. The molecule has 0 aliphatic carbocycles. The first-order valence-electron chi connectivity index (χ1n) is 8.43. The second-order valence-electron chi connectivity index (χ2n) is 6.07. The number of carbonyl (C=O) groups is 1. The van der Waals surface area contributed by atoms with Crippen LogP contribution >= 0.6 is 11.8 Å². The third kappa shape index (κ3) is 4.95. The van der Waals surface area contributed by atoms with Gasteiger partial charge in [-0.1, -0.05) is 0 Å². The van der Waals surface area contributed by atoms with E-state index in [1.165, 1.54) is 47.7 Å². The topological polar surface area (TPSA) is 103 Å². The Morgan fingerprint density at radius 2 is 1.93 bits per heavy atom. The molecule has 12 heteroatoms. The number of carbonyl (C=O) groups excluding carboxylic acids is 1. The summed E-state index contributed by atoms with van der Waals surface area (Å²) < 4.78 is 40.6. The number of aromatic nitrogens is 3. The molecule has 1 heterocycles. The Morgan fingerprint density at radius 1 is 1.23 bits per heavy atom. The van der Waals surface area contributed by atoms with Gasteiger partial charge in [-0.05, 0) is 37.3 Å². The SMILES string of the molecule is CC(Sc1ccc([N+](=O)[O-])cc1)C(=O)Nc1cc(C(F)(F)F)ccc1-n1cncn1. The molecular weight excluding hydrogens is 423 g/mol. The highest BCUT2D eigenvalue weighted by Gasteiger charge is 2.31. The van der Waals surface area contributed by atoms with Crippen LogP contribution in [-0.2, 0) is 11.0 Å². The molecule has 1 aromatic heterocycles. The van der Waals surface area contributed by atoms with Gasteiger partial charge in [0.25, 0.3) is 5.69 Å². The lowest BCUT2D eigenvalue weighted by Gasteiger charge is -2.16. The summed E-state index contributed by atoms with van der Waals surface area (Å²) in [7, 11) is 0. The van der Waals surface area contributed by atoms with Gasteiger partial charge in [0, 0.05) is 17.0 Å². The number of anilines is 1. The maximum Gasteiger partial charge on any atom is 0.416 e. The summed E-state index contributed by atoms with van der Waals surface area (Å²) in [4.78, 5) is 27.2. The van der Waals surface area contributed by atoms with Crippen molar-refractivity contribution >= 4 is 29.0 Å². The quantitative estimate of drug-likeness (QED) is 0.350. The number of amides is 1. The first-order chi connectivity index (χ1) is 14.1. The van der Waals surface area contributed by atoms with Crippen LogP contribution in [0.25, 0.3) is 5.69 Å². The highest BCUT2D eigenvalue weighted by atomic mass is 32.2. The van der Waals surface area contributed by atoms with Gasteiger partial charge in [-0.2, -0.15) is 18.3 Å². The molecular formula is C18H14F3N5O3S. The Bertz CT molecular complexity index is 1060. The number of nitro groups is 1. The van der Waals surface area contributed by atoms with Crippen molar-refractivity contribution in [2.45, 2.75) is 23.2 Å². The van der Waals surface area contributed by atoms with Crippen LogP contribution in [-0.4, -0.2) is 30.8 Å². The molecule has 1 amide bonds. The van der Waals surface area contributed by atoms with Gasteiger partial charge in [0.2, 0.25) is 5.91 Å². The molecule has 1 N–H and O–H groups in total. The Morgan fingerprint density at radius 3 is 2.50 bits per heavy atom. The number of non-ortho nitro benzene ring substituents is 1. The van der Waals surface area contributed by atoms with Gasteiger partial charge in [0.15, 0.2) is 0 Å². The third-order valence-electron chi connectivity index (χ3n) is 3.98. The van der Waals surface area contributed by atoms with Gasteiger partial charge in [-0.25, -0.2) is 9.67 Å². The van der Waals surface area contributed by atoms with E-state index in [0.29, 0.717) is 4.90 Å². The predicted molar refractivity (Wildman–Crippen MR) is 103 cm³/mol. The van der Waals surface area contributed by atoms with Gasteiger partial charge in [0.1, 0.15) is 12.7 Å². The first-order valence-corrected chi connectivity index (χ1v) is 9.31. The van der Waals surface area contributed by atoms with Crippen molar-refractivity contribution in [2.75, 3.05) is 5.32 Å². The van der Waals surface area contributed by atoms with Crippen molar-refractivity contribution in [2.24, 2.45) is 0 Å². The van der Waals surface area contributed by atoms with Crippen molar-refractivity contribution in [1.82, 2.24) is 14.8 Å². The maximum atomic E-state index is 13.1. The normalized spacial score (nSPS) is 12.4. The van der Waals surface area contributed by atoms with Crippen molar-refractivity contribution in [3.8, 4) is 5.69 Å². The molecule has 0 saturated carbocycles. The number of benzene rings is 2. The lowest BCUT2D eigenvalue weighted by Crippen LogP contribution is -2.23. The summed E-state index contributed by atoms with van der Waals surface area (Å²) in [5, 5.41) is 16.4. The zero-order chi connectivity index (χ0) is 21.9. The Kier molecular flexibility index (Phi) is 6.06. The van der Waals surface area contributed by atoms with Gasteiger partial charge >= 0.3 is 6.18 Å². The number of alkyl halides is 3. The minimum atomic E-state index is -4.58. The minimum Gasteiger partial charge on any atom is -0.323 e. The van der Waals surface area contributed by atoms with Crippen LogP contribution in [0.3, 0.4) is 0 Å². The molecule has 0 saturated heterocycles. The van der Waals surface area contributed by atoms with Gasteiger partial charge in [-0.3, -0.25) is 14.9 Å². The van der Waals surface area contributed by atoms with Gasteiger partial charge < -0.3 is 5.32 Å². The van der Waals surface area contributed by atoms with E-state index in [2.05, 4.69) is 15.4 Å². The van der Waals surface area contributed by atoms with Gasteiger partial charge in [0.05, 0.1) is 27.1 Å². The van der Waals surface area contributed by atoms with Crippen LogP contribution in [0.2, 0.25) is 0 Å². The molecule has 0 aliphatic rings. The predicted octanol–water partition coefficient (Wildman–Crippen LogP) is 4.31. The number of thioether (sulfide) groups is 1. The molecule has 0 fully saturated rings. The van der Waals surface area contributed by atoms with Crippen LogP contribution in [0.1, 0.15) is 12.5 Å². The van der Waals surface area contributed by atoms with E-state index in [0.717, 1.165) is 23.9 Å². The standard InChI is InChI=1S/C18H14F3N5O3S/c1-11(30-14-5-3-13(4-6-14)26(28)29)17(27)24-15-8-12(18(19,20)21)2-7-16(15)25-10-22-9-23-25/h2-11H,1H3,(H,24,27). The zero-order valence-corrected chi connectivity index (χ0v) is 16.1. The number of halogens is 3. The molecule has 0 radical (unpaired) electrons. The lowest BCUT2D eigenvalue weighted by molar-refractivity contribution is -0.384. The Labute approximate surface area is 172 Å². The summed E-state index contributed by atoms with van der Waals surface area (Å²) in [5.41, 5.74) is -0.854. The molecule has 156 valence electrons. The molecule has 0 bridgehead atoms. The summed E-state index contributed by atoms with van der Waals surface area (Å²) in [5.74, 6) is -0.543. The summed E-state index contributed by atoms with van der Waals surface area (Å²) in [6.45, 7) is 1.57. The number of nitrogens with zero attached hydrogens (tertiary/aromatic N) is 4. The van der Waals surface area contributed by atoms with Crippen LogP contribution in [0.4, 0.5) is 24.5 Å².